The molecule has 0 spiro atoms. The first-order valence-electron chi connectivity index (χ1n) is 11.5. The molecule has 0 aromatic heterocycles. The molecule has 34 heavy (non-hydrogen) atoms. The van der Waals surface area contributed by atoms with Gasteiger partial charge in [0.25, 0.3) is 0 Å². The molecule has 1 aliphatic heterocycles. The van der Waals surface area contributed by atoms with Crippen molar-refractivity contribution in [3.8, 4) is 11.5 Å². The molecule has 0 saturated carbocycles. The van der Waals surface area contributed by atoms with E-state index in [2.05, 4.69) is 20.9 Å². The van der Waals surface area contributed by atoms with E-state index in [1.165, 1.54) is 0 Å². The fourth-order valence-electron chi connectivity index (χ4n) is 3.84. The number of morpholine rings is 1. The second kappa shape index (κ2) is 13.4. The highest BCUT2D eigenvalue weighted by molar-refractivity contribution is 5.78. The second-order valence-electron chi connectivity index (χ2n) is 7.93. The first-order valence-corrected chi connectivity index (χ1v) is 11.5. The number of ether oxygens (including phenoxy) is 3. The van der Waals surface area contributed by atoms with E-state index in [9.17, 15) is 9.59 Å². The molecule has 3 amide bonds. The van der Waals surface area contributed by atoms with Gasteiger partial charge in [-0.25, -0.2) is 4.79 Å². The van der Waals surface area contributed by atoms with Crippen LogP contribution >= 0.6 is 0 Å². The summed E-state index contributed by atoms with van der Waals surface area (Å²) in [4.78, 5) is 26.7. The van der Waals surface area contributed by atoms with E-state index >= 15 is 0 Å². The van der Waals surface area contributed by atoms with Gasteiger partial charge in [-0.3, -0.25) is 9.69 Å². The molecule has 1 aliphatic rings. The molecule has 0 aliphatic carbocycles. The molecular weight excluding hydrogens is 436 g/mol. The zero-order valence-corrected chi connectivity index (χ0v) is 19.8. The number of amides is 3. The van der Waals surface area contributed by atoms with Crippen LogP contribution in [0, 0.1) is 0 Å². The molecule has 3 N–H and O–H groups in total. The molecule has 184 valence electrons. The second-order valence-corrected chi connectivity index (χ2v) is 7.93. The van der Waals surface area contributed by atoms with Crippen LogP contribution in [0.5, 0.6) is 11.5 Å². The van der Waals surface area contributed by atoms with Gasteiger partial charge in [0.05, 0.1) is 33.5 Å². The standard InChI is InChI=1S/C25H34N4O5/c1-32-22-9-8-20(16-23(22)33-2)21(29-12-14-34-15-13-29)18-27-24(30)10-11-26-25(31)28-17-19-6-4-3-5-7-19/h3-9,16,21H,10-15,17-18H2,1-2H3,(H,27,30)(H2,26,28,31). The number of hydrogen-bond acceptors (Lipinski definition) is 6. The number of benzene rings is 2. The van der Waals surface area contributed by atoms with Crippen LogP contribution in [0.1, 0.15) is 23.6 Å². The van der Waals surface area contributed by atoms with Crippen LogP contribution in [0.15, 0.2) is 48.5 Å². The Morgan fingerprint density at radius 3 is 2.41 bits per heavy atom. The minimum atomic E-state index is -0.298. The van der Waals surface area contributed by atoms with Gasteiger partial charge < -0.3 is 30.2 Å². The molecule has 1 atom stereocenters. The predicted molar refractivity (Wildman–Crippen MR) is 129 cm³/mol. The summed E-state index contributed by atoms with van der Waals surface area (Å²) < 4.78 is 16.3. The van der Waals surface area contributed by atoms with Gasteiger partial charge in [0, 0.05) is 39.1 Å². The first-order chi connectivity index (χ1) is 16.6. The van der Waals surface area contributed by atoms with Gasteiger partial charge in [0.2, 0.25) is 5.91 Å². The van der Waals surface area contributed by atoms with Crippen LogP contribution < -0.4 is 25.4 Å². The van der Waals surface area contributed by atoms with Crippen molar-refractivity contribution in [1.82, 2.24) is 20.9 Å². The molecule has 9 nitrogen and oxygen atoms in total. The molecule has 1 heterocycles. The van der Waals surface area contributed by atoms with E-state index in [0.29, 0.717) is 37.8 Å². The lowest BCUT2D eigenvalue weighted by Crippen LogP contribution is -2.44. The van der Waals surface area contributed by atoms with E-state index in [1.807, 2.05) is 48.5 Å². The highest BCUT2D eigenvalue weighted by atomic mass is 16.5. The maximum absolute atomic E-state index is 12.5. The van der Waals surface area contributed by atoms with E-state index in [4.69, 9.17) is 14.2 Å². The van der Waals surface area contributed by atoms with E-state index < -0.39 is 0 Å². The molecule has 0 bridgehead atoms. The van der Waals surface area contributed by atoms with Crippen LogP contribution in [0.3, 0.4) is 0 Å². The van der Waals surface area contributed by atoms with Crippen LogP contribution in [0.2, 0.25) is 0 Å². The minimum Gasteiger partial charge on any atom is -0.493 e. The Balaban J connectivity index is 1.49. The Bertz CT molecular complexity index is 919. The van der Waals surface area contributed by atoms with Gasteiger partial charge in [-0.05, 0) is 23.3 Å². The summed E-state index contributed by atoms with van der Waals surface area (Å²) in [7, 11) is 3.21. The average molecular weight is 471 g/mol. The van der Waals surface area contributed by atoms with Gasteiger partial charge in [-0.2, -0.15) is 0 Å². The Labute approximate surface area is 200 Å². The molecular formula is C25H34N4O5. The summed E-state index contributed by atoms with van der Waals surface area (Å²) in [5.41, 5.74) is 2.04. The van der Waals surface area contributed by atoms with Crippen molar-refractivity contribution in [3.63, 3.8) is 0 Å². The van der Waals surface area contributed by atoms with Crippen molar-refractivity contribution < 1.29 is 23.8 Å². The Kier molecular flexibility index (Phi) is 9.99. The highest BCUT2D eigenvalue weighted by Gasteiger charge is 2.24. The molecule has 9 heteroatoms. The van der Waals surface area contributed by atoms with E-state index in [0.717, 1.165) is 24.2 Å². The number of hydrogen-bond donors (Lipinski definition) is 3. The lowest BCUT2D eigenvalue weighted by molar-refractivity contribution is -0.121. The molecule has 3 rings (SSSR count). The van der Waals surface area contributed by atoms with E-state index in [-0.39, 0.29) is 30.9 Å². The predicted octanol–water partition coefficient (Wildman–Crippen LogP) is 2.08. The van der Waals surface area contributed by atoms with Crippen LogP contribution in [0.25, 0.3) is 0 Å². The summed E-state index contributed by atoms with van der Waals surface area (Å²) in [6, 6.07) is 15.1. The van der Waals surface area contributed by atoms with Crippen molar-refractivity contribution in [2.45, 2.75) is 19.0 Å². The minimum absolute atomic E-state index is 0.0326. The molecule has 1 saturated heterocycles. The number of nitrogens with zero attached hydrogens (tertiary/aromatic N) is 1. The first kappa shape index (κ1) is 25.3. The highest BCUT2D eigenvalue weighted by Crippen LogP contribution is 2.32. The third kappa shape index (κ3) is 7.64. The summed E-state index contributed by atoms with van der Waals surface area (Å²) in [5, 5.41) is 8.52. The van der Waals surface area contributed by atoms with Crippen LogP contribution in [0.4, 0.5) is 4.79 Å². The maximum atomic E-state index is 12.5. The number of rotatable bonds is 11. The molecule has 1 fully saturated rings. The SMILES string of the molecule is COc1ccc(C(CNC(=O)CCNC(=O)NCc2ccccc2)N2CCOCC2)cc1OC. The van der Waals surface area contributed by atoms with Gasteiger partial charge in [0.1, 0.15) is 0 Å². The summed E-state index contributed by atoms with van der Waals surface area (Å²) in [6.45, 7) is 3.99. The summed E-state index contributed by atoms with van der Waals surface area (Å²) in [6.07, 6.45) is 0.195. The van der Waals surface area contributed by atoms with Crippen molar-refractivity contribution in [1.29, 1.82) is 0 Å². The van der Waals surface area contributed by atoms with Crippen molar-refractivity contribution in [2.75, 3.05) is 53.6 Å². The van der Waals surface area contributed by atoms with Gasteiger partial charge >= 0.3 is 6.03 Å². The zero-order valence-electron chi connectivity index (χ0n) is 19.8. The lowest BCUT2D eigenvalue weighted by Gasteiger charge is -2.35. The largest absolute Gasteiger partial charge is 0.493 e. The van der Waals surface area contributed by atoms with E-state index in [1.54, 1.807) is 14.2 Å². The van der Waals surface area contributed by atoms with Crippen molar-refractivity contribution in [2.24, 2.45) is 0 Å². The monoisotopic (exact) mass is 470 g/mol. The number of carbonyl (C=O) groups is 2. The smallest absolute Gasteiger partial charge is 0.315 e. The number of nitrogens with one attached hydrogen (secondary N) is 3. The normalized spacial score (nSPS) is 14.6. The fraction of sp³-hybridized carbons (Fsp3) is 0.440. The molecule has 2 aromatic carbocycles. The average Bonchev–Trinajstić information content (AvgIpc) is 2.88. The Morgan fingerprint density at radius 1 is 0.971 bits per heavy atom. The maximum Gasteiger partial charge on any atom is 0.315 e. The van der Waals surface area contributed by atoms with Gasteiger partial charge in [-0.1, -0.05) is 36.4 Å². The van der Waals surface area contributed by atoms with Gasteiger partial charge in [-0.15, -0.1) is 0 Å². The number of carbonyl (C=O) groups excluding carboxylic acids is 2. The molecule has 0 radical (unpaired) electrons. The number of urea groups is 1. The van der Waals surface area contributed by atoms with Crippen molar-refractivity contribution in [3.05, 3.63) is 59.7 Å². The lowest BCUT2D eigenvalue weighted by atomic mass is 10.0. The summed E-state index contributed by atoms with van der Waals surface area (Å²) in [5.74, 6) is 1.19. The Hall–Kier alpha value is -3.30. The topological polar surface area (TPSA) is 101 Å². The van der Waals surface area contributed by atoms with Crippen molar-refractivity contribution >= 4 is 11.9 Å². The Morgan fingerprint density at radius 2 is 1.71 bits per heavy atom. The van der Waals surface area contributed by atoms with Crippen LogP contribution in [-0.2, 0) is 16.1 Å². The van der Waals surface area contributed by atoms with Gasteiger partial charge in [0.15, 0.2) is 11.5 Å². The molecule has 2 aromatic rings. The quantitative estimate of drug-likeness (QED) is 0.465. The molecule has 1 unspecified atom stereocenters. The third-order valence-corrected chi connectivity index (χ3v) is 5.70. The summed E-state index contributed by atoms with van der Waals surface area (Å²) >= 11 is 0. The number of methoxy groups -OCH3 is 2. The third-order valence-electron chi connectivity index (χ3n) is 5.70. The zero-order chi connectivity index (χ0) is 24.2. The fourth-order valence-corrected chi connectivity index (χ4v) is 3.84. The van der Waals surface area contributed by atoms with Crippen LogP contribution in [-0.4, -0.2) is 70.5 Å².